The highest BCUT2D eigenvalue weighted by Crippen LogP contribution is 2.11. The van der Waals surface area contributed by atoms with Gasteiger partial charge in [0.2, 0.25) is 11.8 Å². The van der Waals surface area contributed by atoms with Gasteiger partial charge in [0.1, 0.15) is 6.54 Å². The Bertz CT molecular complexity index is 426. The number of hydrogen-bond acceptors (Lipinski definition) is 4. The molecule has 2 fully saturated rings. The van der Waals surface area contributed by atoms with Gasteiger partial charge in [-0.05, 0) is 32.7 Å². The monoisotopic (exact) mass is 296 g/mol. The van der Waals surface area contributed by atoms with Gasteiger partial charge in [0.15, 0.2) is 0 Å². The van der Waals surface area contributed by atoms with Gasteiger partial charge in [-0.15, -0.1) is 0 Å². The zero-order valence-electron chi connectivity index (χ0n) is 12.7. The van der Waals surface area contributed by atoms with Crippen molar-refractivity contribution in [3.05, 3.63) is 0 Å². The van der Waals surface area contributed by atoms with Crippen LogP contribution in [0, 0.1) is 0 Å². The molecular formula is C14H24N4O3. The third-order valence-electron chi connectivity index (χ3n) is 4.12. The van der Waals surface area contributed by atoms with E-state index in [9.17, 15) is 14.4 Å². The number of urea groups is 1. The maximum Gasteiger partial charge on any atom is 0.326 e. The summed E-state index contributed by atoms with van der Waals surface area (Å²) in [5, 5.41) is 6.36. The molecule has 2 atom stereocenters. The second-order valence-electron chi connectivity index (χ2n) is 5.85. The lowest BCUT2D eigenvalue weighted by Gasteiger charge is -2.30. The normalized spacial score (nSPS) is 26.4. The van der Waals surface area contributed by atoms with Crippen molar-refractivity contribution in [2.75, 3.05) is 26.7 Å². The number of carbonyl (C=O) groups excluding carboxylic acids is 3. The Kier molecular flexibility index (Phi) is 5.17. The maximum atomic E-state index is 11.9. The number of nitrogens with zero attached hydrogens (tertiary/aromatic N) is 2. The molecule has 2 unspecified atom stereocenters. The number of amides is 4. The number of carbonyl (C=O) groups is 3. The molecule has 2 heterocycles. The molecule has 0 aromatic heterocycles. The average molecular weight is 296 g/mol. The third-order valence-corrected chi connectivity index (χ3v) is 4.12. The molecule has 2 N–H and O–H groups in total. The number of nitrogens with one attached hydrogen (secondary N) is 2. The van der Waals surface area contributed by atoms with Crippen LogP contribution >= 0.6 is 0 Å². The minimum atomic E-state index is -0.273. The molecule has 0 aromatic rings. The van der Waals surface area contributed by atoms with Crippen molar-refractivity contribution in [2.24, 2.45) is 0 Å². The van der Waals surface area contributed by atoms with Crippen molar-refractivity contribution >= 4 is 17.8 Å². The van der Waals surface area contributed by atoms with E-state index >= 15 is 0 Å². The second-order valence-corrected chi connectivity index (χ2v) is 5.85. The highest BCUT2D eigenvalue weighted by Gasteiger charge is 2.33. The Labute approximate surface area is 125 Å². The summed E-state index contributed by atoms with van der Waals surface area (Å²) >= 11 is 0. The molecule has 0 saturated carbocycles. The molecule has 4 amide bonds. The van der Waals surface area contributed by atoms with Gasteiger partial charge < -0.3 is 15.5 Å². The summed E-state index contributed by atoms with van der Waals surface area (Å²) < 4.78 is 0. The Balaban J connectivity index is 1.69. The lowest BCUT2D eigenvalue weighted by atomic mass is 10.00. The zero-order valence-corrected chi connectivity index (χ0v) is 12.7. The van der Waals surface area contributed by atoms with Crippen LogP contribution < -0.4 is 10.6 Å². The minimum absolute atomic E-state index is 0.0111. The molecule has 7 heteroatoms. The topological polar surface area (TPSA) is 81.8 Å². The summed E-state index contributed by atoms with van der Waals surface area (Å²) in [4.78, 5) is 37.8. The molecule has 2 rings (SSSR count). The van der Waals surface area contributed by atoms with Gasteiger partial charge in [0.05, 0.1) is 0 Å². The number of imide groups is 1. The summed E-state index contributed by atoms with van der Waals surface area (Å²) in [5.74, 6) is -0.198. The predicted molar refractivity (Wildman–Crippen MR) is 77.6 cm³/mol. The molecule has 0 bridgehead atoms. The number of likely N-dealkylation sites (N-methyl/N-ethyl adjacent to an activating group) is 1. The van der Waals surface area contributed by atoms with E-state index in [1.54, 1.807) is 7.05 Å². The largest absolute Gasteiger partial charge is 0.352 e. The summed E-state index contributed by atoms with van der Waals surface area (Å²) in [6.45, 7) is 3.52. The number of rotatable bonds is 5. The first-order valence-corrected chi connectivity index (χ1v) is 7.57. The van der Waals surface area contributed by atoms with Crippen molar-refractivity contribution in [1.82, 2.24) is 20.4 Å². The van der Waals surface area contributed by atoms with E-state index in [4.69, 9.17) is 0 Å². The van der Waals surface area contributed by atoms with Crippen molar-refractivity contribution in [1.29, 1.82) is 0 Å². The molecule has 7 nitrogen and oxygen atoms in total. The summed E-state index contributed by atoms with van der Waals surface area (Å²) in [5.41, 5.74) is 0. The van der Waals surface area contributed by atoms with Gasteiger partial charge in [-0.25, -0.2) is 4.79 Å². The molecule has 0 radical (unpaired) electrons. The molecule has 0 aliphatic carbocycles. The van der Waals surface area contributed by atoms with E-state index in [1.165, 1.54) is 9.80 Å². The Morgan fingerprint density at radius 1 is 1.43 bits per heavy atom. The Morgan fingerprint density at radius 2 is 2.19 bits per heavy atom. The fourth-order valence-electron chi connectivity index (χ4n) is 2.81. The molecule has 21 heavy (non-hydrogen) atoms. The van der Waals surface area contributed by atoms with Crippen LogP contribution in [-0.2, 0) is 9.59 Å². The second kappa shape index (κ2) is 6.89. The first-order chi connectivity index (χ1) is 9.99. The van der Waals surface area contributed by atoms with Crippen LogP contribution in [0.4, 0.5) is 4.79 Å². The summed E-state index contributed by atoms with van der Waals surface area (Å²) in [6, 6.07) is 0.191. The molecule has 2 aliphatic rings. The van der Waals surface area contributed by atoms with Crippen LogP contribution in [0.25, 0.3) is 0 Å². The minimum Gasteiger partial charge on any atom is -0.352 e. The standard InChI is InChI=1S/C14H24N4O3/c1-10-11(5-3-7-15-10)16-12(19)6-4-8-18-13(20)9-17(2)14(18)21/h10-11,15H,3-9H2,1-2H3,(H,16,19). The van der Waals surface area contributed by atoms with Crippen molar-refractivity contribution in [2.45, 2.75) is 44.7 Å². The van der Waals surface area contributed by atoms with Crippen molar-refractivity contribution < 1.29 is 14.4 Å². The van der Waals surface area contributed by atoms with Crippen molar-refractivity contribution in [3.63, 3.8) is 0 Å². The van der Waals surface area contributed by atoms with Crippen LogP contribution in [0.15, 0.2) is 0 Å². The van der Waals surface area contributed by atoms with Crippen LogP contribution in [0.5, 0.6) is 0 Å². The van der Waals surface area contributed by atoms with Gasteiger partial charge in [-0.3, -0.25) is 14.5 Å². The van der Waals surface area contributed by atoms with Crippen molar-refractivity contribution in [3.8, 4) is 0 Å². The van der Waals surface area contributed by atoms with E-state index in [2.05, 4.69) is 17.6 Å². The SMILES string of the molecule is CC1NCCCC1NC(=O)CCCN1C(=O)CN(C)C1=O. The van der Waals surface area contributed by atoms with Gasteiger partial charge in [-0.1, -0.05) is 0 Å². The Hall–Kier alpha value is -1.63. The summed E-state index contributed by atoms with van der Waals surface area (Å²) in [7, 11) is 1.60. The highest BCUT2D eigenvalue weighted by molar-refractivity contribution is 6.01. The lowest BCUT2D eigenvalue weighted by molar-refractivity contribution is -0.126. The lowest BCUT2D eigenvalue weighted by Crippen LogP contribution is -2.51. The average Bonchev–Trinajstić information content (AvgIpc) is 2.68. The zero-order chi connectivity index (χ0) is 15.4. The molecular weight excluding hydrogens is 272 g/mol. The van der Waals surface area contributed by atoms with E-state index in [1.807, 2.05) is 0 Å². The quantitative estimate of drug-likeness (QED) is 0.695. The number of piperidine rings is 1. The van der Waals surface area contributed by atoms with Gasteiger partial charge in [0.25, 0.3) is 0 Å². The summed E-state index contributed by atoms with van der Waals surface area (Å²) in [6.07, 6.45) is 2.90. The first-order valence-electron chi connectivity index (χ1n) is 7.57. The third kappa shape index (κ3) is 3.93. The van der Waals surface area contributed by atoms with Crippen LogP contribution in [0.2, 0.25) is 0 Å². The molecule has 0 spiro atoms. The smallest absolute Gasteiger partial charge is 0.326 e. The molecule has 2 saturated heterocycles. The van der Waals surface area contributed by atoms with E-state index in [-0.39, 0.29) is 36.5 Å². The maximum absolute atomic E-state index is 11.9. The first kappa shape index (κ1) is 15.8. The van der Waals surface area contributed by atoms with E-state index in [0.29, 0.717) is 19.4 Å². The van der Waals surface area contributed by atoms with Gasteiger partial charge in [0, 0.05) is 32.1 Å². The van der Waals surface area contributed by atoms with Gasteiger partial charge >= 0.3 is 6.03 Å². The van der Waals surface area contributed by atoms with Gasteiger partial charge in [-0.2, -0.15) is 0 Å². The van der Waals surface area contributed by atoms with Crippen LogP contribution in [0.3, 0.4) is 0 Å². The number of hydrogen-bond donors (Lipinski definition) is 2. The fourth-order valence-corrected chi connectivity index (χ4v) is 2.81. The Morgan fingerprint density at radius 3 is 2.81 bits per heavy atom. The highest BCUT2D eigenvalue weighted by atomic mass is 16.2. The van der Waals surface area contributed by atoms with E-state index in [0.717, 1.165) is 19.4 Å². The molecule has 118 valence electrons. The van der Waals surface area contributed by atoms with Crippen LogP contribution in [-0.4, -0.2) is 66.4 Å². The van der Waals surface area contributed by atoms with Crippen LogP contribution in [0.1, 0.15) is 32.6 Å². The molecule has 0 aromatic carbocycles. The van der Waals surface area contributed by atoms with E-state index < -0.39 is 0 Å². The molecule has 2 aliphatic heterocycles. The predicted octanol–water partition coefficient (Wildman–Crippen LogP) is -0.0827. The fraction of sp³-hybridized carbons (Fsp3) is 0.786.